The highest BCUT2D eigenvalue weighted by molar-refractivity contribution is 7.12. The number of pyridine rings is 1. The van der Waals surface area contributed by atoms with E-state index in [0.29, 0.717) is 12.2 Å². The topological polar surface area (TPSA) is 66.7 Å². The van der Waals surface area contributed by atoms with Gasteiger partial charge in [-0.05, 0) is 43.3 Å². The van der Waals surface area contributed by atoms with Gasteiger partial charge >= 0.3 is 0 Å². The Morgan fingerprint density at radius 3 is 2.92 bits per heavy atom. The fraction of sp³-hybridized carbons (Fsp3) is 0.316. The van der Waals surface area contributed by atoms with Gasteiger partial charge in [-0.15, -0.1) is 11.3 Å². The molecule has 0 spiro atoms. The highest BCUT2D eigenvalue weighted by Crippen LogP contribution is 2.18. The first kappa shape index (κ1) is 16.8. The van der Waals surface area contributed by atoms with Crippen LogP contribution in [0.25, 0.3) is 5.65 Å². The summed E-state index contributed by atoms with van der Waals surface area (Å²) in [5.41, 5.74) is 2.02. The second-order valence-electron chi connectivity index (χ2n) is 6.52. The number of aromatic nitrogens is 2. The number of thiophene rings is 1. The second kappa shape index (κ2) is 6.92. The Bertz CT molecular complexity index is 948. The van der Waals surface area contributed by atoms with Crippen molar-refractivity contribution in [3.05, 3.63) is 58.2 Å². The Hall–Kier alpha value is -2.67. The van der Waals surface area contributed by atoms with Gasteiger partial charge in [-0.3, -0.25) is 9.59 Å². The molecule has 0 bridgehead atoms. The van der Waals surface area contributed by atoms with E-state index in [9.17, 15) is 9.59 Å². The zero-order valence-corrected chi connectivity index (χ0v) is 15.3. The normalized spacial score (nSPS) is 17.4. The number of aryl methyl sites for hydroxylation is 1. The quantitative estimate of drug-likeness (QED) is 0.773. The molecule has 1 fully saturated rings. The maximum Gasteiger partial charge on any atom is 0.272 e. The van der Waals surface area contributed by atoms with Crippen molar-refractivity contribution >= 4 is 28.8 Å². The minimum atomic E-state index is -0.179. The highest BCUT2D eigenvalue weighted by Gasteiger charge is 2.27. The molecule has 6 nitrogen and oxygen atoms in total. The third kappa shape index (κ3) is 3.10. The van der Waals surface area contributed by atoms with Gasteiger partial charge in [-0.25, -0.2) is 4.98 Å². The number of imidazole rings is 1. The highest BCUT2D eigenvalue weighted by atomic mass is 32.1. The van der Waals surface area contributed by atoms with E-state index in [4.69, 9.17) is 0 Å². The summed E-state index contributed by atoms with van der Waals surface area (Å²) in [6.45, 7) is 3.16. The van der Waals surface area contributed by atoms with E-state index >= 15 is 0 Å². The van der Waals surface area contributed by atoms with Crippen molar-refractivity contribution in [1.29, 1.82) is 0 Å². The molecule has 0 aliphatic carbocycles. The maximum absolute atomic E-state index is 12.7. The van der Waals surface area contributed by atoms with Crippen LogP contribution in [0.5, 0.6) is 0 Å². The number of fused-ring (bicyclic) bond motifs is 1. The lowest BCUT2D eigenvalue weighted by atomic mass is 10.1. The smallest absolute Gasteiger partial charge is 0.272 e. The molecule has 7 heteroatoms. The second-order valence-corrected chi connectivity index (χ2v) is 7.46. The van der Waals surface area contributed by atoms with Crippen LogP contribution in [0.2, 0.25) is 0 Å². The number of hydrogen-bond acceptors (Lipinski definition) is 4. The Labute approximate surface area is 155 Å². The van der Waals surface area contributed by atoms with Gasteiger partial charge in [0.15, 0.2) is 0 Å². The maximum atomic E-state index is 12.7. The summed E-state index contributed by atoms with van der Waals surface area (Å²) >= 11 is 1.45. The molecule has 4 heterocycles. The number of hydrogen-bond donors (Lipinski definition) is 1. The fourth-order valence-electron chi connectivity index (χ4n) is 3.42. The molecule has 2 amide bonds. The van der Waals surface area contributed by atoms with Gasteiger partial charge in [-0.2, -0.15) is 0 Å². The Kier molecular flexibility index (Phi) is 4.46. The summed E-state index contributed by atoms with van der Waals surface area (Å²) in [4.78, 5) is 32.3. The molecule has 1 N–H and O–H groups in total. The standard InChI is InChI=1S/C19H20N4O2S/c1-13-17(21-16-8-2-3-10-23(13)16)18(24)20-14-6-4-9-22(12-14)19(25)15-7-5-11-26-15/h2-3,5,7-8,10-11,14H,4,6,9,12H2,1H3,(H,20,24). The lowest BCUT2D eigenvalue weighted by Crippen LogP contribution is -2.49. The minimum absolute atomic E-state index is 0.0443. The van der Waals surface area contributed by atoms with Gasteiger partial charge in [0.2, 0.25) is 0 Å². The van der Waals surface area contributed by atoms with E-state index in [-0.39, 0.29) is 17.9 Å². The van der Waals surface area contributed by atoms with Gasteiger partial charge in [-0.1, -0.05) is 12.1 Å². The van der Waals surface area contributed by atoms with Gasteiger partial charge in [0.25, 0.3) is 11.8 Å². The van der Waals surface area contributed by atoms with Crippen molar-refractivity contribution in [2.24, 2.45) is 0 Å². The SMILES string of the molecule is Cc1c(C(=O)NC2CCCN(C(=O)c3cccs3)C2)nc2ccccn12. The summed E-state index contributed by atoms with van der Waals surface area (Å²) in [5.74, 6) is -0.135. The molecule has 0 saturated carbocycles. The number of amides is 2. The van der Waals surface area contributed by atoms with Crippen molar-refractivity contribution in [3.63, 3.8) is 0 Å². The Morgan fingerprint density at radius 2 is 2.15 bits per heavy atom. The lowest BCUT2D eigenvalue weighted by molar-refractivity contribution is 0.0679. The van der Waals surface area contributed by atoms with Crippen LogP contribution in [0.1, 0.15) is 38.7 Å². The molecular formula is C19H20N4O2S. The molecule has 1 unspecified atom stereocenters. The lowest BCUT2D eigenvalue weighted by Gasteiger charge is -2.32. The van der Waals surface area contributed by atoms with E-state index < -0.39 is 0 Å². The summed E-state index contributed by atoms with van der Waals surface area (Å²) in [5, 5.41) is 4.97. The molecule has 3 aromatic heterocycles. The first-order valence-corrected chi connectivity index (χ1v) is 9.59. The van der Waals surface area contributed by atoms with Crippen molar-refractivity contribution in [2.45, 2.75) is 25.8 Å². The monoisotopic (exact) mass is 368 g/mol. The third-order valence-corrected chi connectivity index (χ3v) is 5.62. The average Bonchev–Trinajstić information content (AvgIpc) is 3.30. The van der Waals surface area contributed by atoms with Crippen LogP contribution >= 0.6 is 11.3 Å². The molecule has 4 rings (SSSR count). The predicted molar refractivity (Wildman–Crippen MR) is 101 cm³/mol. The Morgan fingerprint density at radius 1 is 1.27 bits per heavy atom. The summed E-state index contributed by atoms with van der Waals surface area (Å²) in [7, 11) is 0. The first-order valence-electron chi connectivity index (χ1n) is 8.71. The van der Waals surface area contributed by atoms with Crippen molar-refractivity contribution in [1.82, 2.24) is 19.6 Å². The fourth-order valence-corrected chi connectivity index (χ4v) is 4.11. The van der Waals surface area contributed by atoms with Crippen LogP contribution < -0.4 is 5.32 Å². The first-order chi connectivity index (χ1) is 12.6. The minimum Gasteiger partial charge on any atom is -0.346 e. The number of nitrogens with one attached hydrogen (secondary N) is 1. The van der Waals surface area contributed by atoms with Crippen LogP contribution in [0.15, 0.2) is 41.9 Å². The van der Waals surface area contributed by atoms with E-state index in [1.807, 2.05) is 58.1 Å². The number of nitrogens with zero attached hydrogens (tertiary/aromatic N) is 3. The summed E-state index contributed by atoms with van der Waals surface area (Å²) < 4.78 is 1.91. The van der Waals surface area contributed by atoms with Crippen LogP contribution in [-0.2, 0) is 0 Å². The van der Waals surface area contributed by atoms with Crippen LogP contribution in [0.3, 0.4) is 0 Å². The summed E-state index contributed by atoms with van der Waals surface area (Å²) in [6.07, 6.45) is 3.65. The number of carbonyl (C=O) groups is 2. The van der Waals surface area contributed by atoms with E-state index in [2.05, 4.69) is 10.3 Å². The van der Waals surface area contributed by atoms with Gasteiger partial charge in [0, 0.05) is 25.3 Å². The molecular weight excluding hydrogens is 348 g/mol. The molecule has 1 aliphatic rings. The van der Waals surface area contributed by atoms with E-state index in [0.717, 1.165) is 35.6 Å². The number of carbonyl (C=O) groups excluding carboxylic acids is 2. The molecule has 1 saturated heterocycles. The molecule has 0 aromatic carbocycles. The zero-order valence-electron chi connectivity index (χ0n) is 14.5. The third-order valence-electron chi connectivity index (χ3n) is 4.76. The van der Waals surface area contributed by atoms with E-state index in [1.54, 1.807) is 0 Å². The van der Waals surface area contributed by atoms with Crippen molar-refractivity contribution in [3.8, 4) is 0 Å². The van der Waals surface area contributed by atoms with E-state index in [1.165, 1.54) is 11.3 Å². The molecule has 0 radical (unpaired) electrons. The van der Waals surface area contributed by atoms with Crippen molar-refractivity contribution in [2.75, 3.05) is 13.1 Å². The van der Waals surface area contributed by atoms with Gasteiger partial charge < -0.3 is 14.6 Å². The number of piperidine rings is 1. The molecule has 26 heavy (non-hydrogen) atoms. The van der Waals surface area contributed by atoms with Crippen LogP contribution in [0.4, 0.5) is 0 Å². The zero-order chi connectivity index (χ0) is 18.1. The van der Waals surface area contributed by atoms with Gasteiger partial charge in [0.1, 0.15) is 11.3 Å². The Balaban J connectivity index is 1.47. The molecule has 1 atom stereocenters. The largest absolute Gasteiger partial charge is 0.346 e. The molecule has 134 valence electrons. The van der Waals surface area contributed by atoms with Gasteiger partial charge in [0.05, 0.1) is 10.6 Å². The summed E-state index contributed by atoms with van der Waals surface area (Å²) in [6, 6.07) is 9.37. The number of likely N-dealkylation sites (tertiary alicyclic amines) is 1. The molecule has 1 aliphatic heterocycles. The van der Waals surface area contributed by atoms with Crippen molar-refractivity contribution < 1.29 is 9.59 Å². The average molecular weight is 368 g/mol. The molecule has 3 aromatic rings. The number of rotatable bonds is 3. The predicted octanol–water partition coefficient (Wildman–Crippen LogP) is 2.74. The van der Waals surface area contributed by atoms with Crippen LogP contribution in [0, 0.1) is 6.92 Å². The van der Waals surface area contributed by atoms with Crippen LogP contribution in [-0.4, -0.2) is 45.2 Å².